The topological polar surface area (TPSA) is 90.6 Å². The first-order valence-electron chi connectivity index (χ1n) is 7.31. The molecule has 1 aromatic rings. The van der Waals surface area contributed by atoms with Crippen molar-refractivity contribution in [3.63, 3.8) is 0 Å². The number of rotatable bonds is 9. The third-order valence-corrected chi connectivity index (χ3v) is 2.93. The molecule has 6 nitrogen and oxygen atoms in total. The lowest BCUT2D eigenvalue weighted by Crippen LogP contribution is -2.32. The van der Waals surface area contributed by atoms with Gasteiger partial charge in [0.2, 0.25) is 11.8 Å². The smallest absolute Gasteiger partial charge is 0.244 e. The standard InChI is InChI=1S/C16H21ClN2O4/c1-3-7-23-16-12(17)8-11(9-13(16)22-4-2)5-6-15(21)19-10-14(18)20/h5-6,8-9H,3-4,7,10H2,1-2H3,(H2,18,20)(H,19,21)/b6-5+. The zero-order chi connectivity index (χ0) is 17.2. The third kappa shape index (κ3) is 6.61. The van der Waals surface area contributed by atoms with Crippen molar-refractivity contribution in [2.24, 2.45) is 5.73 Å². The number of halogens is 1. The number of amides is 2. The van der Waals surface area contributed by atoms with E-state index in [1.54, 1.807) is 18.2 Å². The Morgan fingerprint density at radius 2 is 2.04 bits per heavy atom. The van der Waals surface area contributed by atoms with Gasteiger partial charge in [-0.25, -0.2) is 0 Å². The summed E-state index contributed by atoms with van der Waals surface area (Å²) in [5.74, 6) is -0.0219. The van der Waals surface area contributed by atoms with Gasteiger partial charge in [-0.3, -0.25) is 9.59 Å². The lowest BCUT2D eigenvalue weighted by molar-refractivity contribution is -0.122. The van der Waals surface area contributed by atoms with Crippen LogP contribution in [0.5, 0.6) is 11.5 Å². The molecule has 1 rings (SSSR count). The molecule has 0 aromatic heterocycles. The van der Waals surface area contributed by atoms with Crippen molar-refractivity contribution in [2.45, 2.75) is 20.3 Å². The molecule has 2 amide bonds. The van der Waals surface area contributed by atoms with Gasteiger partial charge in [0, 0.05) is 6.08 Å². The van der Waals surface area contributed by atoms with Crippen LogP contribution in [-0.2, 0) is 9.59 Å². The van der Waals surface area contributed by atoms with Gasteiger partial charge in [0.15, 0.2) is 11.5 Å². The van der Waals surface area contributed by atoms with E-state index in [1.165, 1.54) is 6.08 Å². The Morgan fingerprint density at radius 3 is 2.65 bits per heavy atom. The van der Waals surface area contributed by atoms with Crippen LogP contribution in [0.1, 0.15) is 25.8 Å². The largest absolute Gasteiger partial charge is 0.490 e. The first-order valence-corrected chi connectivity index (χ1v) is 7.69. The highest BCUT2D eigenvalue weighted by atomic mass is 35.5. The highest BCUT2D eigenvalue weighted by Gasteiger charge is 2.11. The van der Waals surface area contributed by atoms with Crippen LogP contribution >= 0.6 is 11.6 Å². The van der Waals surface area contributed by atoms with Gasteiger partial charge in [-0.15, -0.1) is 0 Å². The molecule has 0 spiro atoms. The molecule has 0 radical (unpaired) electrons. The zero-order valence-electron chi connectivity index (χ0n) is 13.2. The van der Waals surface area contributed by atoms with E-state index >= 15 is 0 Å². The van der Waals surface area contributed by atoms with Crippen molar-refractivity contribution < 1.29 is 19.1 Å². The Bertz CT molecular complexity index is 588. The van der Waals surface area contributed by atoms with Crippen LogP contribution in [0.2, 0.25) is 5.02 Å². The average Bonchev–Trinajstić information content (AvgIpc) is 2.50. The third-order valence-electron chi connectivity index (χ3n) is 2.65. The van der Waals surface area contributed by atoms with E-state index in [9.17, 15) is 9.59 Å². The number of hydrogen-bond acceptors (Lipinski definition) is 4. The second-order valence-corrected chi connectivity index (χ2v) is 5.04. The molecule has 0 atom stereocenters. The number of nitrogens with one attached hydrogen (secondary N) is 1. The van der Waals surface area contributed by atoms with Crippen molar-refractivity contribution in [3.05, 3.63) is 28.8 Å². The van der Waals surface area contributed by atoms with Crippen LogP contribution in [0.15, 0.2) is 18.2 Å². The number of primary amides is 1. The summed E-state index contributed by atoms with van der Waals surface area (Å²) >= 11 is 6.22. The molecule has 0 saturated carbocycles. The average molecular weight is 341 g/mol. The van der Waals surface area contributed by atoms with Gasteiger partial charge in [0.1, 0.15) is 0 Å². The van der Waals surface area contributed by atoms with Crippen molar-refractivity contribution in [1.29, 1.82) is 0 Å². The van der Waals surface area contributed by atoms with E-state index in [-0.39, 0.29) is 6.54 Å². The van der Waals surface area contributed by atoms with E-state index in [0.717, 1.165) is 6.42 Å². The fourth-order valence-corrected chi connectivity index (χ4v) is 1.97. The lowest BCUT2D eigenvalue weighted by Gasteiger charge is -2.14. The number of hydrogen-bond donors (Lipinski definition) is 2. The summed E-state index contributed by atoms with van der Waals surface area (Å²) in [6.45, 7) is 4.64. The van der Waals surface area contributed by atoms with Crippen LogP contribution in [0.4, 0.5) is 0 Å². The SMILES string of the molecule is CCCOc1c(Cl)cc(/C=C/C(=O)NCC(N)=O)cc1OCC. The van der Waals surface area contributed by atoms with Crippen molar-refractivity contribution in [2.75, 3.05) is 19.8 Å². The van der Waals surface area contributed by atoms with Gasteiger partial charge in [-0.2, -0.15) is 0 Å². The molecule has 126 valence electrons. The highest BCUT2D eigenvalue weighted by molar-refractivity contribution is 6.32. The maximum Gasteiger partial charge on any atom is 0.244 e. The number of carbonyl (C=O) groups is 2. The summed E-state index contributed by atoms with van der Waals surface area (Å²) in [5, 5.41) is 2.76. The number of nitrogens with two attached hydrogens (primary N) is 1. The summed E-state index contributed by atoms with van der Waals surface area (Å²) in [5.41, 5.74) is 5.63. The summed E-state index contributed by atoms with van der Waals surface area (Å²) < 4.78 is 11.1. The number of ether oxygens (including phenoxy) is 2. The van der Waals surface area contributed by atoms with Crippen LogP contribution in [-0.4, -0.2) is 31.6 Å². The molecule has 0 aliphatic rings. The molecule has 23 heavy (non-hydrogen) atoms. The second-order valence-electron chi connectivity index (χ2n) is 4.63. The molecular weight excluding hydrogens is 320 g/mol. The molecule has 0 unspecified atom stereocenters. The first kappa shape index (κ1) is 18.8. The van der Waals surface area contributed by atoms with Crippen LogP contribution < -0.4 is 20.5 Å². The van der Waals surface area contributed by atoms with Crippen LogP contribution in [0, 0.1) is 0 Å². The monoisotopic (exact) mass is 340 g/mol. The van der Waals surface area contributed by atoms with Gasteiger partial charge >= 0.3 is 0 Å². The van der Waals surface area contributed by atoms with Gasteiger partial charge in [-0.05, 0) is 37.1 Å². The molecule has 0 bridgehead atoms. The Balaban J connectivity index is 2.91. The molecule has 3 N–H and O–H groups in total. The fraction of sp³-hybridized carbons (Fsp3) is 0.375. The fourth-order valence-electron chi connectivity index (χ4n) is 1.70. The van der Waals surface area contributed by atoms with E-state index in [2.05, 4.69) is 5.32 Å². The molecule has 0 aliphatic carbocycles. The molecule has 1 aromatic carbocycles. The minimum Gasteiger partial charge on any atom is -0.490 e. The second kappa shape index (κ2) is 9.74. The molecule has 0 saturated heterocycles. The summed E-state index contributed by atoms with van der Waals surface area (Å²) in [6, 6.07) is 3.41. The summed E-state index contributed by atoms with van der Waals surface area (Å²) in [7, 11) is 0. The van der Waals surface area contributed by atoms with Gasteiger partial charge in [0.25, 0.3) is 0 Å². The molecular formula is C16H21ClN2O4. The Labute approximate surface area is 140 Å². The maximum absolute atomic E-state index is 11.5. The normalized spacial score (nSPS) is 10.6. The minimum atomic E-state index is -0.606. The zero-order valence-corrected chi connectivity index (χ0v) is 14.0. The number of carbonyl (C=O) groups excluding carboxylic acids is 2. The van der Waals surface area contributed by atoms with E-state index in [0.29, 0.717) is 35.3 Å². The van der Waals surface area contributed by atoms with E-state index in [4.69, 9.17) is 26.8 Å². The van der Waals surface area contributed by atoms with Crippen molar-refractivity contribution in [1.82, 2.24) is 5.32 Å². The minimum absolute atomic E-state index is 0.210. The predicted octanol–water partition coefficient (Wildman–Crippen LogP) is 2.14. The Hall–Kier alpha value is -2.21. The quantitative estimate of drug-likeness (QED) is 0.674. The summed E-state index contributed by atoms with van der Waals surface area (Å²) in [4.78, 5) is 22.1. The molecule has 0 heterocycles. The van der Waals surface area contributed by atoms with E-state index < -0.39 is 11.8 Å². The number of benzene rings is 1. The maximum atomic E-state index is 11.5. The van der Waals surface area contributed by atoms with Crippen molar-refractivity contribution >= 4 is 29.5 Å². The molecule has 0 fully saturated rings. The van der Waals surface area contributed by atoms with Crippen LogP contribution in [0.3, 0.4) is 0 Å². The predicted molar refractivity (Wildman–Crippen MR) is 89.6 cm³/mol. The lowest BCUT2D eigenvalue weighted by atomic mass is 10.2. The van der Waals surface area contributed by atoms with Crippen LogP contribution in [0.25, 0.3) is 6.08 Å². The van der Waals surface area contributed by atoms with Gasteiger partial charge in [0.05, 0.1) is 24.8 Å². The van der Waals surface area contributed by atoms with Crippen molar-refractivity contribution in [3.8, 4) is 11.5 Å². The van der Waals surface area contributed by atoms with Gasteiger partial charge < -0.3 is 20.5 Å². The summed E-state index contributed by atoms with van der Waals surface area (Å²) in [6.07, 6.45) is 3.70. The van der Waals surface area contributed by atoms with E-state index in [1.807, 2.05) is 13.8 Å². The Kier molecular flexibility index (Phi) is 7.97. The van der Waals surface area contributed by atoms with Gasteiger partial charge in [-0.1, -0.05) is 18.5 Å². The Morgan fingerprint density at radius 1 is 1.30 bits per heavy atom. The first-order chi connectivity index (χ1) is 11.0. The molecule has 0 aliphatic heterocycles. The molecule has 7 heteroatoms. The highest BCUT2D eigenvalue weighted by Crippen LogP contribution is 2.37.